The Morgan fingerprint density at radius 3 is 1.16 bits per heavy atom. The average molecular weight is 1240 g/mol. The second-order valence-corrected chi connectivity index (χ2v) is 24.8. The smallest absolute Gasteiger partial charge is 1.00 e. The molecule has 1 saturated heterocycles. The van der Waals surface area contributed by atoms with E-state index in [-0.39, 0.29) is 74.1 Å². The first-order valence-corrected chi connectivity index (χ1v) is 30.8. The molecule has 0 aliphatic carbocycles. The van der Waals surface area contributed by atoms with E-state index in [1.54, 1.807) is 27.7 Å². The number of ether oxygens (including phenoxy) is 1. The summed E-state index contributed by atoms with van der Waals surface area (Å²) in [5.74, 6) is 0.255. The van der Waals surface area contributed by atoms with Crippen molar-refractivity contribution in [1.29, 1.82) is 0 Å². The fourth-order valence-electron chi connectivity index (χ4n) is 6.86. The first kappa shape index (κ1) is 76.3. The molecule has 1 heterocycles. The maximum atomic E-state index is 10.1. The minimum absolute atomic E-state index is 0. The fraction of sp³-hybridized carbons (Fsp3) is 0.338. The van der Waals surface area contributed by atoms with Crippen molar-refractivity contribution in [3.05, 3.63) is 232 Å². The predicted molar refractivity (Wildman–Crippen MR) is 339 cm³/mol. The number of carbonyl (C=O) groups is 1. The van der Waals surface area contributed by atoms with Crippen molar-refractivity contribution in [2.24, 2.45) is 0 Å². The zero-order chi connectivity index (χ0) is 56.6. The summed E-state index contributed by atoms with van der Waals surface area (Å²) in [6.07, 6.45) is 20.6. The number of carbonyl (C=O) groups excluding carboxylic acids is 1. The summed E-state index contributed by atoms with van der Waals surface area (Å²) in [6, 6.07) is 65.5. The van der Waals surface area contributed by atoms with E-state index in [9.17, 15) is 14.3 Å². The number of ketones is 1. The van der Waals surface area contributed by atoms with Gasteiger partial charge in [0.1, 0.15) is 29.0 Å². The van der Waals surface area contributed by atoms with Crippen LogP contribution in [0.2, 0.25) is 0 Å². The first-order valence-electron chi connectivity index (χ1n) is 27.1. The standard InChI is InChI=1S/C23H24P.C18H15P.C9H16.C5H9Br.C4H8O.C4H9O.C4H8O.CH3F.BrH.K/c1-2-3-13-20-24(21-14-7-4-8-15-21,22-16-9-5-10-17-22)23-18-11-6-12-19-23;1-4-10-16(11-5-1)19(17-12-6-2-7-13-17)18-14-8-3-9-15-18;1-4-6-7-8-9(3)5-2;1-2-3-4-5-6;1-2-4-5-3-1;1-4(2,3)5;1-3-4(2)5;1-2;;/h2,4-12,14-19H,1,3,13,20H2;1-15H;4,8H,1,5-7H2,2-3H3;2H,1,3-5H2;1-4H2;1-3H3;3H2,1-2H3;1H3;1H;/q+1;;;;;-1;;;;+1/p-1/i;;;;;;;1D;;. The van der Waals surface area contributed by atoms with Gasteiger partial charge in [-0.15, -0.1) is 25.3 Å². The van der Waals surface area contributed by atoms with Crippen LogP contribution in [-0.4, -0.2) is 43.2 Å². The van der Waals surface area contributed by atoms with Gasteiger partial charge in [0, 0.05) is 25.0 Å². The van der Waals surface area contributed by atoms with Crippen LogP contribution in [0, 0.1) is 0 Å². The molecule has 1 aliphatic rings. The molecule has 0 spiro atoms. The molecule has 0 atom stereocenters. The SMILES string of the molecule is C1CCOC1.C=CCCC=C(C)CC.C=CCCCBr.C=CCCC[P+](c1ccccc1)(c1ccccc1)c1ccccc1.CC(C)(C)[O-].CCC(C)=O.[2H]CF.[Br-].[K+].c1ccc(P(c2ccccc2)c2ccccc2)cc1. The Balaban J connectivity index is -0.000000921. The Morgan fingerprint density at radius 2 is 0.922 bits per heavy atom. The van der Waals surface area contributed by atoms with E-state index in [4.69, 9.17) is 6.11 Å². The van der Waals surface area contributed by atoms with Gasteiger partial charge >= 0.3 is 51.4 Å². The van der Waals surface area contributed by atoms with Crippen LogP contribution in [-0.2, 0) is 9.53 Å². The van der Waals surface area contributed by atoms with Crippen LogP contribution < -0.4 is 105 Å². The van der Waals surface area contributed by atoms with Crippen LogP contribution >= 0.6 is 31.1 Å². The third-order valence-electron chi connectivity index (χ3n) is 10.8. The molecule has 9 heteroatoms. The van der Waals surface area contributed by atoms with Gasteiger partial charge in [-0.3, -0.25) is 4.39 Å². The minimum Gasteiger partial charge on any atom is -1.00 e. The van der Waals surface area contributed by atoms with E-state index in [1.807, 2.05) is 25.2 Å². The van der Waals surface area contributed by atoms with Gasteiger partial charge in [-0.25, -0.2) is 0 Å². The third kappa shape index (κ3) is 38.5. The Hall–Kier alpha value is -2.74. The molecular formula is C68H92Br2FKO3P2. The van der Waals surface area contributed by atoms with Crippen molar-refractivity contribution in [3.8, 4) is 0 Å². The van der Waals surface area contributed by atoms with Gasteiger partial charge in [0.05, 0.1) is 14.7 Å². The molecule has 0 bridgehead atoms. The first-order chi connectivity index (χ1) is 36.7. The van der Waals surface area contributed by atoms with Crippen LogP contribution in [0.4, 0.5) is 4.39 Å². The molecule has 6 aromatic carbocycles. The van der Waals surface area contributed by atoms with Gasteiger partial charge < -0.3 is 31.6 Å². The molecule has 0 radical (unpaired) electrons. The molecular weight excluding hydrogens is 1140 g/mol. The quantitative estimate of drug-likeness (QED) is 0.0283. The maximum absolute atomic E-state index is 10.1. The van der Waals surface area contributed by atoms with E-state index in [0.29, 0.717) is 6.42 Å². The Bertz CT molecular complexity index is 2120. The molecule has 0 saturated carbocycles. The summed E-state index contributed by atoms with van der Waals surface area (Å²) in [5, 5.41) is 19.8. The predicted octanol–water partition coefficient (Wildman–Crippen LogP) is 10.6. The van der Waals surface area contributed by atoms with Crippen LogP contribution in [0.3, 0.4) is 0 Å². The summed E-state index contributed by atoms with van der Waals surface area (Å²) < 4.78 is 20.4. The molecule has 0 unspecified atom stereocenters. The Kier molecular flexibility index (Phi) is 52.2. The number of benzene rings is 6. The number of allylic oxidation sites excluding steroid dienone is 5. The van der Waals surface area contributed by atoms with Crippen molar-refractivity contribution < 1.29 is 88.8 Å². The fourth-order valence-corrected chi connectivity index (χ4v) is 13.9. The molecule has 0 amide bonds. The molecule has 1 fully saturated rings. The summed E-state index contributed by atoms with van der Waals surface area (Å²) in [7, 11) is -3.08. The Labute approximate surface area is 533 Å². The summed E-state index contributed by atoms with van der Waals surface area (Å²) >= 11 is 3.30. The number of alkyl halides is 2. The molecule has 0 N–H and O–H groups in total. The largest absolute Gasteiger partial charge is 1.00 e. The van der Waals surface area contributed by atoms with Crippen molar-refractivity contribution in [3.63, 3.8) is 0 Å². The van der Waals surface area contributed by atoms with E-state index >= 15 is 0 Å². The van der Waals surface area contributed by atoms with E-state index in [0.717, 1.165) is 50.6 Å². The molecule has 0 aromatic heterocycles. The number of Topliss-reactive ketones (excluding diaryl/α,β-unsaturated/α-hetero) is 1. The summed E-state index contributed by atoms with van der Waals surface area (Å²) in [5.41, 5.74) is 0.733. The van der Waals surface area contributed by atoms with Crippen molar-refractivity contribution in [2.45, 2.75) is 118 Å². The van der Waals surface area contributed by atoms with Crippen LogP contribution in [0.5, 0.6) is 0 Å². The van der Waals surface area contributed by atoms with Gasteiger partial charge in [-0.1, -0.05) is 226 Å². The molecule has 1 aliphatic heterocycles. The zero-order valence-electron chi connectivity index (χ0n) is 49.1. The average Bonchev–Trinajstić information content (AvgIpc) is 4.07. The molecule has 77 heavy (non-hydrogen) atoms. The van der Waals surface area contributed by atoms with Gasteiger partial charge in [-0.05, 0) is 132 Å². The molecule has 6 aromatic rings. The minimum atomic E-state index is -1.63. The van der Waals surface area contributed by atoms with Crippen molar-refractivity contribution in [1.82, 2.24) is 0 Å². The van der Waals surface area contributed by atoms with Gasteiger partial charge in [-0.2, -0.15) is 0 Å². The van der Waals surface area contributed by atoms with Gasteiger partial charge in [0.2, 0.25) is 0 Å². The van der Waals surface area contributed by atoms with Crippen LogP contribution in [0.15, 0.2) is 232 Å². The normalized spacial score (nSPS) is 11.2. The van der Waals surface area contributed by atoms with Gasteiger partial charge in [0.25, 0.3) is 0 Å². The van der Waals surface area contributed by atoms with E-state index in [1.165, 1.54) is 69.2 Å². The monoisotopic (exact) mass is 1240 g/mol. The number of halogens is 3. The zero-order valence-corrected chi connectivity index (χ0v) is 56.2. The number of rotatable bonds is 18. The molecule has 3 nitrogen and oxygen atoms in total. The van der Waals surface area contributed by atoms with Crippen LogP contribution in [0.1, 0.15) is 114 Å². The summed E-state index contributed by atoms with van der Waals surface area (Å²) in [4.78, 5) is 9.81. The number of hydrogen-bond acceptors (Lipinski definition) is 3. The van der Waals surface area contributed by atoms with E-state index < -0.39 is 27.9 Å². The Morgan fingerprint density at radius 1 is 0.623 bits per heavy atom. The second-order valence-electron chi connectivity index (χ2n) is 18.2. The third-order valence-corrected chi connectivity index (χ3v) is 18.4. The van der Waals surface area contributed by atoms with Gasteiger partial charge in [0.15, 0.2) is 0 Å². The number of hydrogen-bond donors (Lipinski definition) is 0. The van der Waals surface area contributed by atoms with Crippen LogP contribution in [0.25, 0.3) is 0 Å². The number of unbranched alkanes of at least 4 members (excludes halogenated alkanes) is 3. The topological polar surface area (TPSA) is 49.4 Å². The van der Waals surface area contributed by atoms with Crippen molar-refractivity contribution in [2.75, 3.05) is 31.9 Å². The molecule has 414 valence electrons. The molecule has 7 rings (SSSR count). The second kappa shape index (κ2) is 52.6. The van der Waals surface area contributed by atoms with E-state index in [2.05, 4.69) is 238 Å². The maximum Gasteiger partial charge on any atom is 1.00 e. The van der Waals surface area contributed by atoms with Crippen molar-refractivity contribution >= 4 is 68.7 Å². The summed E-state index contributed by atoms with van der Waals surface area (Å²) in [6.45, 7) is 25.8.